The van der Waals surface area contributed by atoms with Crippen LogP contribution >= 0.6 is 0 Å². The van der Waals surface area contributed by atoms with E-state index < -0.39 is 9.84 Å². The zero-order valence-electron chi connectivity index (χ0n) is 13.7. The van der Waals surface area contributed by atoms with Crippen LogP contribution in [0.3, 0.4) is 0 Å². The van der Waals surface area contributed by atoms with Gasteiger partial charge in [0.25, 0.3) is 0 Å². The third-order valence-electron chi connectivity index (χ3n) is 4.78. The van der Waals surface area contributed by atoms with Crippen LogP contribution in [0.5, 0.6) is 5.75 Å². The second-order valence-corrected chi connectivity index (χ2v) is 8.81. The lowest BCUT2D eigenvalue weighted by molar-refractivity contribution is 0.363. The van der Waals surface area contributed by atoms with Gasteiger partial charge in [-0.05, 0) is 37.8 Å². The molecule has 1 N–H and O–H groups in total. The molecule has 2 atom stereocenters. The van der Waals surface area contributed by atoms with Gasteiger partial charge >= 0.3 is 0 Å². The van der Waals surface area contributed by atoms with E-state index in [2.05, 4.69) is 16.3 Å². The summed E-state index contributed by atoms with van der Waals surface area (Å²) >= 11 is 0. The Morgan fingerprint density at radius 1 is 1.17 bits per heavy atom. The maximum absolute atomic E-state index is 11.8. The van der Waals surface area contributed by atoms with Crippen molar-refractivity contribution in [2.75, 3.05) is 36.6 Å². The van der Waals surface area contributed by atoms with Crippen molar-refractivity contribution in [3.05, 3.63) is 24.3 Å². The van der Waals surface area contributed by atoms with Gasteiger partial charge in [0.15, 0.2) is 9.84 Å². The fourth-order valence-corrected chi connectivity index (χ4v) is 5.36. The zero-order chi connectivity index (χ0) is 16.3. The third-order valence-corrected chi connectivity index (χ3v) is 6.60. The van der Waals surface area contributed by atoms with Crippen molar-refractivity contribution >= 4 is 15.5 Å². The predicted molar refractivity (Wildman–Crippen MR) is 93.0 cm³/mol. The summed E-state index contributed by atoms with van der Waals surface area (Å²) in [6, 6.07) is 8.53. The molecular weight excluding hydrogens is 312 g/mol. The summed E-state index contributed by atoms with van der Waals surface area (Å²) in [6.07, 6.45) is 3.95. The molecule has 2 aliphatic heterocycles. The molecule has 2 fully saturated rings. The lowest BCUT2D eigenvalue weighted by Crippen LogP contribution is -2.52. The molecule has 0 spiro atoms. The first-order valence-electron chi connectivity index (χ1n) is 8.42. The van der Waals surface area contributed by atoms with E-state index in [-0.39, 0.29) is 11.8 Å². The fraction of sp³-hybridized carbons (Fsp3) is 0.647. The average Bonchev–Trinajstić information content (AvgIpc) is 2.54. The highest BCUT2D eigenvalue weighted by Crippen LogP contribution is 2.30. The number of benzene rings is 1. The lowest BCUT2D eigenvalue weighted by atomic mass is 10.0. The molecule has 1 aromatic carbocycles. The molecule has 0 bridgehead atoms. The van der Waals surface area contributed by atoms with Crippen LogP contribution in [0.4, 0.5) is 5.69 Å². The van der Waals surface area contributed by atoms with Gasteiger partial charge in [0.1, 0.15) is 5.75 Å². The predicted octanol–water partition coefficient (Wildman–Crippen LogP) is 1.83. The Bertz CT molecular complexity index is 632. The van der Waals surface area contributed by atoms with Crippen LogP contribution in [0.2, 0.25) is 0 Å². The first-order chi connectivity index (χ1) is 11.1. The van der Waals surface area contributed by atoms with E-state index in [1.165, 1.54) is 0 Å². The summed E-state index contributed by atoms with van der Waals surface area (Å²) in [5.41, 5.74) is 1.12. The van der Waals surface area contributed by atoms with Crippen molar-refractivity contribution in [2.45, 2.75) is 37.8 Å². The van der Waals surface area contributed by atoms with E-state index in [0.717, 1.165) is 50.2 Å². The zero-order valence-corrected chi connectivity index (χ0v) is 14.5. The largest absolute Gasteiger partial charge is 0.495 e. The molecule has 2 saturated heterocycles. The Labute approximate surface area is 138 Å². The van der Waals surface area contributed by atoms with Gasteiger partial charge in [-0.3, -0.25) is 0 Å². The van der Waals surface area contributed by atoms with Crippen molar-refractivity contribution < 1.29 is 13.2 Å². The van der Waals surface area contributed by atoms with E-state index >= 15 is 0 Å². The maximum Gasteiger partial charge on any atom is 0.151 e. The number of hydrogen-bond acceptors (Lipinski definition) is 5. The molecule has 128 valence electrons. The number of piperidine rings is 1. The number of methoxy groups -OCH3 is 1. The van der Waals surface area contributed by atoms with Crippen molar-refractivity contribution in [3.8, 4) is 5.75 Å². The number of nitrogens with one attached hydrogen (secondary N) is 1. The second kappa shape index (κ2) is 7.09. The summed E-state index contributed by atoms with van der Waals surface area (Å²) in [6.45, 7) is 1.92. The molecule has 3 rings (SSSR count). The quantitative estimate of drug-likeness (QED) is 0.908. The molecule has 2 aliphatic rings. The van der Waals surface area contributed by atoms with Crippen LogP contribution in [0.15, 0.2) is 24.3 Å². The summed E-state index contributed by atoms with van der Waals surface area (Å²) < 4.78 is 29.1. The Morgan fingerprint density at radius 3 is 2.74 bits per heavy atom. The molecule has 0 unspecified atom stereocenters. The smallest absolute Gasteiger partial charge is 0.151 e. The van der Waals surface area contributed by atoms with Crippen LogP contribution in [0.1, 0.15) is 25.7 Å². The molecule has 0 radical (unpaired) electrons. The summed E-state index contributed by atoms with van der Waals surface area (Å²) in [5, 5.41) is 3.59. The molecule has 0 saturated carbocycles. The number of hydrogen-bond donors (Lipinski definition) is 1. The fourth-order valence-electron chi connectivity index (χ4n) is 3.71. The number of sulfone groups is 1. The van der Waals surface area contributed by atoms with Crippen molar-refractivity contribution in [3.63, 3.8) is 0 Å². The van der Waals surface area contributed by atoms with Gasteiger partial charge in [0.05, 0.1) is 24.3 Å². The van der Waals surface area contributed by atoms with Gasteiger partial charge in [0, 0.05) is 25.2 Å². The number of ether oxygens (including phenoxy) is 1. The van der Waals surface area contributed by atoms with Crippen molar-refractivity contribution in [2.24, 2.45) is 0 Å². The van der Waals surface area contributed by atoms with Crippen LogP contribution < -0.4 is 15.0 Å². The maximum atomic E-state index is 11.8. The SMILES string of the molecule is COc1ccccc1N1CCC[C@@H](N[C@@H]2CCCS(=O)(=O)C2)C1. The minimum absolute atomic E-state index is 0.108. The van der Waals surface area contributed by atoms with E-state index in [1.807, 2.05) is 18.2 Å². The summed E-state index contributed by atoms with van der Waals surface area (Å²) in [4.78, 5) is 2.34. The minimum atomic E-state index is -2.86. The third kappa shape index (κ3) is 4.18. The Kier molecular flexibility index (Phi) is 5.11. The summed E-state index contributed by atoms with van der Waals surface area (Å²) in [7, 11) is -1.16. The van der Waals surface area contributed by atoms with Gasteiger partial charge in [-0.25, -0.2) is 8.42 Å². The summed E-state index contributed by atoms with van der Waals surface area (Å²) in [5.74, 6) is 1.54. The normalized spacial score (nSPS) is 27.6. The van der Waals surface area contributed by atoms with Crippen molar-refractivity contribution in [1.29, 1.82) is 0 Å². The molecule has 5 nitrogen and oxygen atoms in total. The average molecular weight is 338 g/mol. The highest BCUT2D eigenvalue weighted by atomic mass is 32.2. The van der Waals surface area contributed by atoms with Gasteiger partial charge in [0.2, 0.25) is 0 Å². The molecule has 2 heterocycles. The highest BCUT2D eigenvalue weighted by molar-refractivity contribution is 7.91. The topological polar surface area (TPSA) is 58.6 Å². The number of nitrogens with zero attached hydrogens (tertiary/aromatic N) is 1. The molecular formula is C17H26N2O3S. The van der Waals surface area contributed by atoms with Gasteiger partial charge in [-0.1, -0.05) is 12.1 Å². The Balaban J connectivity index is 1.64. The first-order valence-corrected chi connectivity index (χ1v) is 10.2. The molecule has 23 heavy (non-hydrogen) atoms. The van der Waals surface area contributed by atoms with Crippen LogP contribution in [-0.2, 0) is 9.84 Å². The molecule has 6 heteroatoms. The number of para-hydroxylation sites is 2. The molecule has 0 aliphatic carbocycles. The first kappa shape index (κ1) is 16.6. The molecule has 0 aromatic heterocycles. The Morgan fingerprint density at radius 2 is 1.96 bits per heavy atom. The molecule has 0 amide bonds. The van der Waals surface area contributed by atoms with E-state index in [9.17, 15) is 8.42 Å². The van der Waals surface area contributed by atoms with Gasteiger partial charge < -0.3 is 15.0 Å². The van der Waals surface area contributed by atoms with Crippen molar-refractivity contribution in [1.82, 2.24) is 5.32 Å². The monoisotopic (exact) mass is 338 g/mol. The lowest BCUT2D eigenvalue weighted by Gasteiger charge is -2.37. The number of rotatable bonds is 4. The van der Waals surface area contributed by atoms with E-state index in [4.69, 9.17) is 4.74 Å². The van der Waals surface area contributed by atoms with Crippen LogP contribution in [0, 0.1) is 0 Å². The van der Waals surface area contributed by atoms with Gasteiger partial charge in [-0.2, -0.15) is 0 Å². The molecule has 1 aromatic rings. The Hall–Kier alpha value is -1.27. The van der Waals surface area contributed by atoms with E-state index in [0.29, 0.717) is 11.8 Å². The van der Waals surface area contributed by atoms with Crippen LogP contribution in [0.25, 0.3) is 0 Å². The highest BCUT2D eigenvalue weighted by Gasteiger charge is 2.29. The minimum Gasteiger partial charge on any atom is -0.495 e. The standard InChI is InChI=1S/C17H26N2O3S/c1-22-17-9-3-2-8-16(17)19-10-4-6-14(12-19)18-15-7-5-11-23(20,21)13-15/h2-3,8-9,14-15,18H,4-7,10-13H2,1H3/t14-,15-/m1/s1. The van der Waals surface area contributed by atoms with E-state index in [1.54, 1.807) is 7.11 Å². The number of anilines is 1. The van der Waals surface area contributed by atoms with Gasteiger partial charge in [-0.15, -0.1) is 0 Å². The second-order valence-electron chi connectivity index (χ2n) is 6.58. The van der Waals surface area contributed by atoms with Crippen LogP contribution in [-0.4, -0.2) is 52.2 Å².